The van der Waals surface area contributed by atoms with Gasteiger partial charge in [0.1, 0.15) is 0 Å². The van der Waals surface area contributed by atoms with Gasteiger partial charge in [-0.2, -0.15) is 0 Å². The van der Waals surface area contributed by atoms with Crippen molar-refractivity contribution >= 4 is 17.3 Å². The van der Waals surface area contributed by atoms with Gasteiger partial charge in [0.15, 0.2) is 0 Å². The third-order valence-corrected chi connectivity index (χ3v) is 4.91. The topological polar surface area (TPSA) is 53.4 Å². The predicted octanol–water partition coefficient (Wildman–Crippen LogP) is 2.75. The van der Waals surface area contributed by atoms with Crippen molar-refractivity contribution in [1.29, 1.82) is 0 Å². The fourth-order valence-corrected chi connectivity index (χ4v) is 3.58. The Hall–Kier alpha value is -0.940. The number of hydrogen-bond donors (Lipinski definition) is 1. The molecule has 1 aromatic heterocycles. The van der Waals surface area contributed by atoms with Crippen LogP contribution in [0.4, 0.5) is 0 Å². The van der Waals surface area contributed by atoms with Gasteiger partial charge in [0.05, 0.1) is 11.4 Å². The fourth-order valence-electron chi connectivity index (χ4n) is 2.53. The number of carbonyl (C=O) groups is 1. The maximum absolute atomic E-state index is 10.6. The Kier molecular flexibility index (Phi) is 4.93. The number of carboxylic acids is 1. The SMILES string of the molecule is CC(C)N1CCCC(c2ncc(CCC(=O)O)s2)C1. The lowest BCUT2D eigenvalue weighted by Crippen LogP contribution is -2.39. The van der Waals surface area contributed by atoms with Gasteiger partial charge in [-0.1, -0.05) is 0 Å². The highest BCUT2D eigenvalue weighted by Crippen LogP contribution is 2.31. The van der Waals surface area contributed by atoms with Crippen LogP contribution < -0.4 is 0 Å². The monoisotopic (exact) mass is 282 g/mol. The third kappa shape index (κ3) is 4.01. The molecule has 1 N–H and O–H groups in total. The average molecular weight is 282 g/mol. The van der Waals surface area contributed by atoms with E-state index in [0.29, 0.717) is 18.4 Å². The fraction of sp³-hybridized carbons (Fsp3) is 0.714. The number of likely N-dealkylation sites (tertiary alicyclic amines) is 1. The van der Waals surface area contributed by atoms with Gasteiger partial charge in [0.2, 0.25) is 0 Å². The second-order valence-electron chi connectivity index (χ2n) is 5.49. The molecule has 2 heterocycles. The van der Waals surface area contributed by atoms with Crippen LogP contribution in [0.25, 0.3) is 0 Å². The molecule has 4 nitrogen and oxygen atoms in total. The van der Waals surface area contributed by atoms with Crippen LogP contribution in [0.15, 0.2) is 6.20 Å². The molecular formula is C14H22N2O2S. The molecule has 2 rings (SSSR count). The molecule has 106 valence electrons. The zero-order valence-electron chi connectivity index (χ0n) is 11.6. The summed E-state index contributed by atoms with van der Waals surface area (Å²) in [6.45, 7) is 6.75. The summed E-state index contributed by atoms with van der Waals surface area (Å²) >= 11 is 1.69. The smallest absolute Gasteiger partial charge is 0.303 e. The van der Waals surface area contributed by atoms with Gasteiger partial charge in [-0.05, 0) is 39.7 Å². The molecule has 1 aliphatic rings. The Bertz CT molecular complexity index is 431. The van der Waals surface area contributed by atoms with Gasteiger partial charge in [0, 0.05) is 29.6 Å². The van der Waals surface area contributed by atoms with E-state index in [1.165, 1.54) is 24.4 Å². The Morgan fingerprint density at radius 2 is 2.42 bits per heavy atom. The number of nitrogens with zero attached hydrogens (tertiary/aromatic N) is 2. The predicted molar refractivity (Wildman–Crippen MR) is 76.8 cm³/mol. The van der Waals surface area contributed by atoms with E-state index in [9.17, 15) is 4.79 Å². The van der Waals surface area contributed by atoms with E-state index in [1.54, 1.807) is 11.3 Å². The van der Waals surface area contributed by atoms with Crippen molar-refractivity contribution in [2.45, 2.75) is 51.5 Å². The molecule has 5 heteroatoms. The first kappa shape index (κ1) is 14.5. The first-order valence-corrected chi connectivity index (χ1v) is 7.78. The van der Waals surface area contributed by atoms with E-state index >= 15 is 0 Å². The zero-order valence-corrected chi connectivity index (χ0v) is 12.4. The molecule has 0 saturated carbocycles. The summed E-state index contributed by atoms with van der Waals surface area (Å²) in [5.74, 6) is -0.210. The Morgan fingerprint density at radius 3 is 3.11 bits per heavy atom. The summed E-state index contributed by atoms with van der Waals surface area (Å²) in [6.07, 6.45) is 5.09. The highest BCUT2D eigenvalue weighted by atomic mass is 32.1. The van der Waals surface area contributed by atoms with Crippen LogP contribution in [-0.2, 0) is 11.2 Å². The minimum atomic E-state index is -0.737. The van der Waals surface area contributed by atoms with Crippen LogP contribution in [0.2, 0.25) is 0 Å². The van der Waals surface area contributed by atoms with Crippen molar-refractivity contribution in [2.75, 3.05) is 13.1 Å². The van der Waals surface area contributed by atoms with Gasteiger partial charge in [-0.15, -0.1) is 11.3 Å². The summed E-state index contributed by atoms with van der Waals surface area (Å²) in [6, 6.07) is 0.592. The zero-order chi connectivity index (χ0) is 13.8. The van der Waals surface area contributed by atoms with Crippen LogP contribution in [0, 0.1) is 0 Å². The number of rotatable bonds is 5. The number of aryl methyl sites for hydroxylation is 1. The van der Waals surface area contributed by atoms with Crippen molar-refractivity contribution in [3.8, 4) is 0 Å². The van der Waals surface area contributed by atoms with Crippen molar-refractivity contribution < 1.29 is 9.90 Å². The third-order valence-electron chi connectivity index (χ3n) is 3.69. The second kappa shape index (κ2) is 6.48. The van der Waals surface area contributed by atoms with Gasteiger partial charge in [-0.25, -0.2) is 4.98 Å². The molecular weight excluding hydrogens is 260 g/mol. The minimum Gasteiger partial charge on any atom is -0.481 e. The van der Waals surface area contributed by atoms with Crippen LogP contribution >= 0.6 is 11.3 Å². The standard InChI is InChI=1S/C14H22N2O2S/c1-10(2)16-7-3-4-11(9-16)14-15-8-12(19-14)5-6-13(17)18/h8,10-11H,3-7,9H2,1-2H3,(H,17,18). The van der Waals surface area contributed by atoms with Crippen molar-refractivity contribution in [2.24, 2.45) is 0 Å². The van der Waals surface area contributed by atoms with Crippen LogP contribution in [0.1, 0.15) is 48.9 Å². The molecule has 1 fully saturated rings. The van der Waals surface area contributed by atoms with Crippen LogP contribution in [0.5, 0.6) is 0 Å². The molecule has 19 heavy (non-hydrogen) atoms. The summed E-state index contributed by atoms with van der Waals surface area (Å²) in [5, 5.41) is 9.89. The lowest BCUT2D eigenvalue weighted by molar-refractivity contribution is -0.136. The van der Waals surface area contributed by atoms with Crippen LogP contribution in [-0.4, -0.2) is 40.1 Å². The number of piperidine rings is 1. The summed E-state index contributed by atoms with van der Waals surface area (Å²) in [7, 11) is 0. The van der Waals surface area contributed by atoms with E-state index in [-0.39, 0.29) is 6.42 Å². The summed E-state index contributed by atoms with van der Waals surface area (Å²) in [4.78, 5) is 18.7. The maximum Gasteiger partial charge on any atom is 0.303 e. The largest absolute Gasteiger partial charge is 0.481 e. The highest BCUT2D eigenvalue weighted by Gasteiger charge is 2.24. The molecule has 1 unspecified atom stereocenters. The quantitative estimate of drug-likeness (QED) is 0.902. The number of thiazole rings is 1. The van der Waals surface area contributed by atoms with E-state index in [1.807, 2.05) is 6.20 Å². The number of hydrogen-bond acceptors (Lipinski definition) is 4. The second-order valence-corrected chi connectivity index (χ2v) is 6.63. The Balaban J connectivity index is 1.95. The first-order chi connectivity index (χ1) is 9.06. The molecule has 0 amide bonds. The molecule has 0 bridgehead atoms. The number of aromatic nitrogens is 1. The minimum absolute atomic E-state index is 0.199. The summed E-state index contributed by atoms with van der Waals surface area (Å²) < 4.78 is 0. The van der Waals surface area contributed by atoms with Gasteiger partial charge >= 0.3 is 5.97 Å². The molecule has 1 saturated heterocycles. The van der Waals surface area contributed by atoms with E-state index in [4.69, 9.17) is 5.11 Å². The van der Waals surface area contributed by atoms with E-state index < -0.39 is 5.97 Å². The van der Waals surface area contributed by atoms with Crippen molar-refractivity contribution in [3.05, 3.63) is 16.1 Å². The van der Waals surface area contributed by atoms with Gasteiger partial charge in [-0.3, -0.25) is 4.79 Å². The van der Waals surface area contributed by atoms with E-state index in [0.717, 1.165) is 11.4 Å². The molecule has 0 radical (unpaired) electrons. The lowest BCUT2D eigenvalue weighted by atomic mass is 9.98. The first-order valence-electron chi connectivity index (χ1n) is 6.96. The van der Waals surface area contributed by atoms with Gasteiger partial charge in [0.25, 0.3) is 0 Å². The normalized spacial score (nSPS) is 20.9. The average Bonchev–Trinajstić information content (AvgIpc) is 2.85. The Labute approximate surface area is 118 Å². The summed E-state index contributed by atoms with van der Waals surface area (Å²) in [5.41, 5.74) is 0. The van der Waals surface area contributed by atoms with Crippen LogP contribution in [0.3, 0.4) is 0 Å². The molecule has 0 spiro atoms. The van der Waals surface area contributed by atoms with Crippen molar-refractivity contribution in [1.82, 2.24) is 9.88 Å². The number of aliphatic carboxylic acids is 1. The van der Waals surface area contributed by atoms with Crippen molar-refractivity contribution in [3.63, 3.8) is 0 Å². The molecule has 0 aliphatic carbocycles. The van der Waals surface area contributed by atoms with Gasteiger partial charge < -0.3 is 10.0 Å². The molecule has 1 aliphatic heterocycles. The molecule has 1 aromatic rings. The molecule has 0 aromatic carbocycles. The Morgan fingerprint density at radius 1 is 1.63 bits per heavy atom. The van der Waals surface area contributed by atoms with E-state index in [2.05, 4.69) is 23.7 Å². The maximum atomic E-state index is 10.6. The molecule has 1 atom stereocenters. The lowest BCUT2D eigenvalue weighted by Gasteiger charge is -2.34. The highest BCUT2D eigenvalue weighted by molar-refractivity contribution is 7.11. The number of carboxylic acid groups (broad SMARTS) is 1.